The van der Waals surface area contributed by atoms with E-state index in [1.165, 1.54) is 0 Å². The number of aromatic amines is 1. The van der Waals surface area contributed by atoms with E-state index in [0.29, 0.717) is 36.2 Å². The highest BCUT2D eigenvalue weighted by Crippen LogP contribution is 2.34. The first-order valence-corrected chi connectivity index (χ1v) is 10.5. The lowest BCUT2D eigenvalue weighted by molar-refractivity contribution is 0.0765. The number of hydrogen-bond acceptors (Lipinski definition) is 4. The number of carbonyl (C=O) groups is 2. The Hall–Kier alpha value is -3.84. The lowest BCUT2D eigenvalue weighted by Crippen LogP contribution is -2.29. The molecular formula is C25H23N3O4. The number of hydrogen-bond donors (Lipinski definition) is 3. The van der Waals surface area contributed by atoms with Gasteiger partial charge in [0.15, 0.2) is 0 Å². The lowest BCUT2D eigenvalue weighted by Gasteiger charge is -2.15. The van der Waals surface area contributed by atoms with E-state index in [9.17, 15) is 14.7 Å². The SMILES string of the molecule is COc1cccc(-c2cc(C(N)=O)c3[nH]c4cc(C(=O)N5CCC(O)C5)ccc4c3c2)c1. The summed E-state index contributed by atoms with van der Waals surface area (Å²) in [6.07, 6.45) is 0.124. The van der Waals surface area contributed by atoms with Crippen LogP contribution in [0.4, 0.5) is 0 Å². The van der Waals surface area contributed by atoms with Crippen LogP contribution < -0.4 is 10.5 Å². The highest BCUT2D eigenvalue weighted by molar-refractivity contribution is 6.17. The van der Waals surface area contributed by atoms with Gasteiger partial charge in [0.05, 0.1) is 24.3 Å². The maximum Gasteiger partial charge on any atom is 0.254 e. The molecule has 4 aromatic rings. The van der Waals surface area contributed by atoms with Gasteiger partial charge in [-0.2, -0.15) is 0 Å². The van der Waals surface area contributed by atoms with Gasteiger partial charge in [-0.05, 0) is 53.9 Å². The number of β-amino-alcohol motifs (C(OH)–C–C–N with tert-alkyl or cyclic N) is 1. The maximum atomic E-state index is 12.8. The Morgan fingerprint density at radius 1 is 1.09 bits per heavy atom. The molecule has 1 aromatic heterocycles. The molecule has 1 fully saturated rings. The summed E-state index contributed by atoms with van der Waals surface area (Å²) in [5.41, 5.74) is 9.76. The van der Waals surface area contributed by atoms with Gasteiger partial charge in [0.25, 0.3) is 11.8 Å². The van der Waals surface area contributed by atoms with E-state index in [2.05, 4.69) is 4.98 Å². The Labute approximate surface area is 184 Å². The van der Waals surface area contributed by atoms with Crippen molar-refractivity contribution in [2.75, 3.05) is 20.2 Å². The number of benzene rings is 3. The van der Waals surface area contributed by atoms with Crippen molar-refractivity contribution in [1.82, 2.24) is 9.88 Å². The molecule has 0 saturated carbocycles. The molecule has 0 radical (unpaired) electrons. The number of aromatic nitrogens is 1. The van der Waals surface area contributed by atoms with Gasteiger partial charge in [-0.1, -0.05) is 18.2 Å². The van der Waals surface area contributed by atoms with Crippen molar-refractivity contribution in [1.29, 1.82) is 0 Å². The number of aliphatic hydroxyl groups excluding tert-OH is 1. The van der Waals surface area contributed by atoms with Gasteiger partial charge in [-0.15, -0.1) is 0 Å². The summed E-state index contributed by atoms with van der Waals surface area (Å²) in [5.74, 6) is 0.0697. The van der Waals surface area contributed by atoms with Crippen molar-refractivity contribution in [2.24, 2.45) is 5.73 Å². The van der Waals surface area contributed by atoms with E-state index in [-0.39, 0.29) is 5.91 Å². The fraction of sp³-hybridized carbons (Fsp3) is 0.200. The normalized spacial score (nSPS) is 16.1. The molecule has 32 heavy (non-hydrogen) atoms. The third kappa shape index (κ3) is 3.36. The van der Waals surface area contributed by atoms with Crippen LogP contribution in [0.15, 0.2) is 54.6 Å². The van der Waals surface area contributed by atoms with Crippen LogP contribution in [0.25, 0.3) is 32.9 Å². The van der Waals surface area contributed by atoms with Crippen molar-refractivity contribution >= 4 is 33.6 Å². The molecule has 0 spiro atoms. The summed E-state index contributed by atoms with van der Waals surface area (Å²) >= 11 is 0. The molecule has 1 aliphatic rings. The Morgan fingerprint density at radius 3 is 2.66 bits per heavy atom. The second-order valence-electron chi connectivity index (χ2n) is 8.12. The third-order valence-corrected chi connectivity index (χ3v) is 6.07. The molecule has 7 heteroatoms. The molecule has 1 unspecified atom stereocenters. The first-order valence-electron chi connectivity index (χ1n) is 10.5. The van der Waals surface area contributed by atoms with Gasteiger partial charge in [0.2, 0.25) is 0 Å². The number of likely N-dealkylation sites (tertiary alicyclic amines) is 1. The quantitative estimate of drug-likeness (QED) is 0.462. The number of fused-ring (bicyclic) bond motifs is 3. The first-order chi connectivity index (χ1) is 15.4. The monoisotopic (exact) mass is 429 g/mol. The van der Waals surface area contributed by atoms with Gasteiger partial charge < -0.3 is 25.5 Å². The van der Waals surface area contributed by atoms with Crippen LogP contribution in [0.1, 0.15) is 27.1 Å². The Balaban J connectivity index is 1.65. The Morgan fingerprint density at radius 2 is 1.94 bits per heavy atom. The molecule has 5 rings (SSSR count). The number of primary amides is 1. The Bertz CT molecular complexity index is 1370. The van der Waals surface area contributed by atoms with Crippen LogP contribution in [0.3, 0.4) is 0 Å². The van der Waals surface area contributed by atoms with Crippen molar-refractivity contribution in [3.8, 4) is 16.9 Å². The van der Waals surface area contributed by atoms with Gasteiger partial charge in [0.1, 0.15) is 5.75 Å². The first kappa shape index (κ1) is 20.1. The number of nitrogens with one attached hydrogen (secondary N) is 1. The highest BCUT2D eigenvalue weighted by Gasteiger charge is 2.26. The van der Waals surface area contributed by atoms with Crippen molar-refractivity contribution in [3.63, 3.8) is 0 Å². The molecule has 0 bridgehead atoms. The third-order valence-electron chi connectivity index (χ3n) is 6.07. The largest absolute Gasteiger partial charge is 0.497 e. The fourth-order valence-electron chi connectivity index (χ4n) is 4.41. The molecule has 2 heterocycles. The topological polar surface area (TPSA) is 109 Å². The molecule has 3 aromatic carbocycles. The minimum Gasteiger partial charge on any atom is -0.497 e. The maximum absolute atomic E-state index is 12.8. The highest BCUT2D eigenvalue weighted by atomic mass is 16.5. The van der Waals surface area contributed by atoms with Crippen molar-refractivity contribution in [2.45, 2.75) is 12.5 Å². The van der Waals surface area contributed by atoms with Crippen LogP contribution >= 0.6 is 0 Å². The van der Waals surface area contributed by atoms with Crippen molar-refractivity contribution < 1.29 is 19.4 Å². The minimum atomic E-state index is -0.534. The number of methoxy groups -OCH3 is 1. The zero-order valence-electron chi connectivity index (χ0n) is 17.6. The molecule has 1 aliphatic heterocycles. The van der Waals surface area contributed by atoms with Crippen LogP contribution in [0, 0.1) is 0 Å². The zero-order valence-corrected chi connectivity index (χ0v) is 17.6. The second-order valence-corrected chi connectivity index (χ2v) is 8.12. The summed E-state index contributed by atoms with van der Waals surface area (Å²) in [4.78, 5) is 30.0. The van der Waals surface area contributed by atoms with E-state index in [1.54, 1.807) is 30.2 Å². The summed E-state index contributed by atoms with van der Waals surface area (Å²) in [5, 5.41) is 11.5. The number of nitrogens with two attached hydrogens (primary N) is 1. The molecule has 4 N–H and O–H groups in total. The predicted octanol–water partition coefficient (Wildman–Crippen LogP) is 3.30. The molecule has 7 nitrogen and oxygen atoms in total. The molecule has 1 saturated heterocycles. The van der Waals surface area contributed by atoms with Crippen molar-refractivity contribution in [3.05, 3.63) is 65.7 Å². The number of nitrogens with zero attached hydrogens (tertiary/aromatic N) is 1. The van der Waals surface area contributed by atoms with Gasteiger partial charge in [0, 0.05) is 34.9 Å². The summed E-state index contributed by atoms with van der Waals surface area (Å²) in [7, 11) is 1.61. The summed E-state index contributed by atoms with van der Waals surface area (Å²) in [6, 6.07) is 16.8. The standard InChI is InChI=1S/C25H23N3O4/c1-32-18-4-2-3-14(9-18)16-10-20-19-6-5-15(25(31)28-8-7-17(29)13-28)12-22(19)27-23(20)21(11-16)24(26)30/h2-6,9-12,17,27,29H,7-8,13H2,1H3,(H2,26,30). The minimum absolute atomic E-state index is 0.116. The van der Waals surface area contributed by atoms with E-state index in [1.807, 2.05) is 36.4 Å². The average molecular weight is 429 g/mol. The van der Waals surface area contributed by atoms with Crippen LogP contribution in [0.2, 0.25) is 0 Å². The second kappa shape index (κ2) is 7.69. The van der Waals surface area contributed by atoms with E-state index in [4.69, 9.17) is 10.5 Å². The number of ether oxygens (including phenoxy) is 1. The van der Waals surface area contributed by atoms with Crippen LogP contribution in [-0.4, -0.2) is 53.1 Å². The number of amides is 2. The Kier molecular flexibility index (Phi) is 4.83. The van der Waals surface area contributed by atoms with E-state index >= 15 is 0 Å². The average Bonchev–Trinajstić information content (AvgIpc) is 3.40. The van der Waals surface area contributed by atoms with E-state index in [0.717, 1.165) is 33.2 Å². The van der Waals surface area contributed by atoms with Gasteiger partial charge in [-0.25, -0.2) is 0 Å². The number of carbonyl (C=O) groups excluding carboxylic acids is 2. The molecule has 2 amide bonds. The van der Waals surface area contributed by atoms with Gasteiger partial charge >= 0.3 is 0 Å². The smallest absolute Gasteiger partial charge is 0.254 e. The fourth-order valence-corrected chi connectivity index (χ4v) is 4.41. The zero-order chi connectivity index (χ0) is 22.4. The number of aliphatic hydroxyl groups is 1. The van der Waals surface area contributed by atoms with Crippen LogP contribution in [-0.2, 0) is 0 Å². The summed E-state index contributed by atoms with van der Waals surface area (Å²) in [6.45, 7) is 0.889. The number of H-pyrrole nitrogens is 1. The van der Waals surface area contributed by atoms with E-state index < -0.39 is 12.0 Å². The lowest BCUT2D eigenvalue weighted by atomic mass is 9.98. The summed E-state index contributed by atoms with van der Waals surface area (Å²) < 4.78 is 5.33. The molecule has 0 aliphatic carbocycles. The number of rotatable bonds is 4. The molecule has 162 valence electrons. The van der Waals surface area contributed by atoms with Gasteiger partial charge in [-0.3, -0.25) is 9.59 Å². The molecular weight excluding hydrogens is 406 g/mol. The predicted molar refractivity (Wildman–Crippen MR) is 123 cm³/mol. The van der Waals surface area contributed by atoms with Crippen LogP contribution in [0.5, 0.6) is 5.75 Å². The molecule has 1 atom stereocenters.